The topological polar surface area (TPSA) is 100 Å². The van der Waals surface area contributed by atoms with Gasteiger partial charge in [0.05, 0.1) is 32.3 Å². The van der Waals surface area contributed by atoms with Crippen molar-refractivity contribution in [2.24, 2.45) is 11.8 Å². The summed E-state index contributed by atoms with van der Waals surface area (Å²) in [5.41, 5.74) is 2.63. The van der Waals surface area contributed by atoms with E-state index in [2.05, 4.69) is 5.32 Å². The Morgan fingerprint density at radius 3 is 2.55 bits per heavy atom. The van der Waals surface area contributed by atoms with Crippen LogP contribution < -0.4 is 10.1 Å². The Balaban J connectivity index is 2.12. The van der Waals surface area contributed by atoms with Crippen molar-refractivity contribution < 1.29 is 33.3 Å². The third-order valence-electron chi connectivity index (χ3n) is 6.08. The number of allylic oxidation sites excluding steroid dienone is 3. The molecule has 178 valence electrons. The highest BCUT2D eigenvalue weighted by Crippen LogP contribution is 2.47. The van der Waals surface area contributed by atoms with Crippen LogP contribution >= 0.6 is 0 Å². The van der Waals surface area contributed by atoms with Crippen LogP contribution in [0.15, 0.2) is 46.8 Å². The van der Waals surface area contributed by atoms with Crippen LogP contribution in [-0.4, -0.2) is 51.8 Å². The molecule has 0 bridgehead atoms. The molecule has 33 heavy (non-hydrogen) atoms. The number of esters is 2. The maximum absolute atomic E-state index is 13.7. The number of hydrogen-bond acceptors (Lipinski definition) is 8. The molecule has 0 saturated heterocycles. The zero-order valence-electron chi connectivity index (χ0n) is 19.7. The summed E-state index contributed by atoms with van der Waals surface area (Å²) in [6, 6.07) is 7.23. The Hall–Kier alpha value is -3.13. The Labute approximate surface area is 193 Å². The fraction of sp³-hybridized carbons (Fsp3) is 0.480. The predicted molar refractivity (Wildman–Crippen MR) is 120 cm³/mol. The van der Waals surface area contributed by atoms with Gasteiger partial charge in [0.1, 0.15) is 18.3 Å². The molecule has 8 nitrogen and oxygen atoms in total. The molecule has 2 aliphatic rings. The smallest absolute Gasteiger partial charge is 0.336 e. The first-order valence-corrected chi connectivity index (χ1v) is 11.1. The van der Waals surface area contributed by atoms with Crippen LogP contribution in [0.3, 0.4) is 0 Å². The standard InChI is InChI=1S/C25H31NO7/c1-6-32-11-12-33-25(29)20-15(3)26-17-13-14(2)19(24(28)31-5)23(27)22(17)21(20)16-9-7-8-10-18(16)30-4/h7-10,14,19,21,26H,6,11-13H2,1-5H3/t14-,19-,21-/m1/s1. The molecule has 0 amide bonds. The van der Waals surface area contributed by atoms with Crippen LogP contribution in [0, 0.1) is 11.8 Å². The van der Waals surface area contributed by atoms with E-state index in [1.54, 1.807) is 13.0 Å². The van der Waals surface area contributed by atoms with Crippen LogP contribution in [0.25, 0.3) is 0 Å². The third-order valence-corrected chi connectivity index (χ3v) is 6.08. The molecule has 1 aliphatic carbocycles. The number of para-hydroxylation sites is 1. The monoisotopic (exact) mass is 457 g/mol. The fourth-order valence-electron chi connectivity index (χ4n) is 4.58. The lowest BCUT2D eigenvalue weighted by Crippen LogP contribution is -2.43. The van der Waals surface area contributed by atoms with Gasteiger partial charge in [-0.1, -0.05) is 25.1 Å². The number of Topliss-reactive ketones (excluding diaryl/α,β-unsaturated/α-hetero) is 1. The van der Waals surface area contributed by atoms with Gasteiger partial charge in [0.15, 0.2) is 5.78 Å². The molecule has 3 rings (SSSR count). The van der Waals surface area contributed by atoms with Gasteiger partial charge < -0.3 is 24.3 Å². The molecule has 0 spiro atoms. The van der Waals surface area contributed by atoms with Crippen molar-refractivity contribution in [3.05, 3.63) is 52.4 Å². The van der Waals surface area contributed by atoms with E-state index < -0.39 is 23.8 Å². The molecule has 1 heterocycles. The molecular formula is C25H31NO7. The van der Waals surface area contributed by atoms with Gasteiger partial charge in [-0.2, -0.15) is 0 Å². The molecule has 1 aromatic carbocycles. The number of hydrogen-bond donors (Lipinski definition) is 1. The van der Waals surface area contributed by atoms with E-state index >= 15 is 0 Å². The number of benzene rings is 1. The van der Waals surface area contributed by atoms with Gasteiger partial charge in [-0.15, -0.1) is 0 Å². The zero-order valence-corrected chi connectivity index (χ0v) is 19.7. The van der Waals surface area contributed by atoms with Gasteiger partial charge in [-0.3, -0.25) is 9.59 Å². The van der Waals surface area contributed by atoms with Gasteiger partial charge in [0, 0.05) is 29.1 Å². The van der Waals surface area contributed by atoms with Crippen LogP contribution in [0.1, 0.15) is 38.7 Å². The van der Waals surface area contributed by atoms with E-state index in [9.17, 15) is 14.4 Å². The molecule has 0 saturated carbocycles. The van der Waals surface area contributed by atoms with Crippen molar-refractivity contribution in [3.8, 4) is 5.75 Å². The lowest BCUT2D eigenvalue weighted by atomic mass is 9.69. The summed E-state index contributed by atoms with van der Waals surface area (Å²) < 4.78 is 21.2. The van der Waals surface area contributed by atoms with E-state index in [0.29, 0.717) is 46.9 Å². The Morgan fingerprint density at radius 2 is 1.88 bits per heavy atom. The van der Waals surface area contributed by atoms with Crippen molar-refractivity contribution in [2.45, 2.75) is 33.1 Å². The predicted octanol–water partition coefficient (Wildman–Crippen LogP) is 2.89. The van der Waals surface area contributed by atoms with Crippen LogP contribution in [0.4, 0.5) is 0 Å². The lowest BCUT2D eigenvalue weighted by Gasteiger charge is -2.38. The lowest BCUT2D eigenvalue weighted by molar-refractivity contribution is -0.151. The third kappa shape index (κ3) is 4.80. The van der Waals surface area contributed by atoms with Crippen molar-refractivity contribution in [1.82, 2.24) is 5.32 Å². The zero-order chi connectivity index (χ0) is 24.1. The van der Waals surface area contributed by atoms with Crippen LogP contribution in [0.5, 0.6) is 5.75 Å². The van der Waals surface area contributed by atoms with Crippen molar-refractivity contribution in [1.29, 1.82) is 0 Å². The first-order chi connectivity index (χ1) is 15.8. The average Bonchev–Trinajstić information content (AvgIpc) is 2.80. The molecule has 0 radical (unpaired) electrons. The molecule has 1 aliphatic heterocycles. The average molecular weight is 458 g/mol. The number of methoxy groups -OCH3 is 2. The summed E-state index contributed by atoms with van der Waals surface area (Å²) in [7, 11) is 2.81. The van der Waals surface area contributed by atoms with E-state index in [4.69, 9.17) is 18.9 Å². The van der Waals surface area contributed by atoms with Gasteiger partial charge in [-0.05, 0) is 32.3 Å². The summed E-state index contributed by atoms with van der Waals surface area (Å²) in [5.74, 6) is -2.89. The molecule has 8 heteroatoms. The fourth-order valence-corrected chi connectivity index (χ4v) is 4.58. The highest BCUT2D eigenvalue weighted by Gasteiger charge is 2.47. The minimum atomic E-state index is -0.943. The summed E-state index contributed by atoms with van der Waals surface area (Å²) in [5, 5.41) is 3.24. The number of carbonyl (C=O) groups excluding carboxylic acids is 3. The Bertz CT molecular complexity index is 994. The summed E-state index contributed by atoms with van der Waals surface area (Å²) in [6.45, 7) is 6.37. The maximum atomic E-state index is 13.7. The number of dihydropyridines is 1. The molecule has 1 N–H and O–H groups in total. The maximum Gasteiger partial charge on any atom is 0.336 e. The van der Waals surface area contributed by atoms with Gasteiger partial charge >= 0.3 is 11.9 Å². The highest BCUT2D eigenvalue weighted by molar-refractivity contribution is 6.12. The van der Waals surface area contributed by atoms with Gasteiger partial charge in [0.2, 0.25) is 0 Å². The summed E-state index contributed by atoms with van der Waals surface area (Å²) in [4.78, 5) is 39.4. The van der Waals surface area contributed by atoms with E-state index in [1.807, 2.05) is 32.0 Å². The number of rotatable bonds is 8. The number of ether oxygens (including phenoxy) is 4. The van der Waals surface area contributed by atoms with Crippen LogP contribution in [-0.2, 0) is 28.6 Å². The highest BCUT2D eigenvalue weighted by atomic mass is 16.6. The van der Waals surface area contributed by atoms with E-state index in [1.165, 1.54) is 14.2 Å². The first kappa shape index (κ1) is 24.5. The van der Waals surface area contributed by atoms with Gasteiger partial charge in [-0.25, -0.2) is 4.79 Å². The second-order valence-corrected chi connectivity index (χ2v) is 8.11. The van der Waals surface area contributed by atoms with Crippen molar-refractivity contribution in [3.63, 3.8) is 0 Å². The number of carbonyl (C=O) groups is 3. The SMILES string of the molecule is CCOCCOC(=O)C1=C(C)NC2=C(C(=O)[C@H](C(=O)OC)[C@H](C)C2)[C@@H]1c1ccccc1OC. The largest absolute Gasteiger partial charge is 0.496 e. The first-order valence-electron chi connectivity index (χ1n) is 11.1. The Kier molecular flexibility index (Phi) is 7.92. The van der Waals surface area contributed by atoms with Crippen LogP contribution in [0.2, 0.25) is 0 Å². The number of ketones is 1. The normalized spacial score (nSPS) is 22.5. The second-order valence-electron chi connectivity index (χ2n) is 8.11. The van der Waals surface area contributed by atoms with Crippen molar-refractivity contribution >= 4 is 17.7 Å². The molecule has 3 atom stereocenters. The molecule has 0 aromatic heterocycles. The minimum Gasteiger partial charge on any atom is -0.496 e. The molecule has 1 aromatic rings. The number of nitrogens with one attached hydrogen (secondary N) is 1. The van der Waals surface area contributed by atoms with E-state index in [-0.39, 0.29) is 24.9 Å². The van der Waals surface area contributed by atoms with Crippen molar-refractivity contribution in [2.75, 3.05) is 34.0 Å². The minimum absolute atomic E-state index is 0.0871. The van der Waals surface area contributed by atoms with Gasteiger partial charge in [0.25, 0.3) is 0 Å². The molecular weight excluding hydrogens is 426 g/mol. The molecule has 0 fully saturated rings. The molecule has 0 unspecified atom stereocenters. The summed E-state index contributed by atoms with van der Waals surface area (Å²) in [6.07, 6.45) is 0.469. The second kappa shape index (κ2) is 10.7. The van der Waals surface area contributed by atoms with E-state index in [0.717, 1.165) is 0 Å². The quantitative estimate of drug-likeness (QED) is 0.361. The Morgan fingerprint density at radius 1 is 1.15 bits per heavy atom. The summed E-state index contributed by atoms with van der Waals surface area (Å²) >= 11 is 0.